The second-order valence-corrected chi connectivity index (χ2v) is 11.1. The van der Waals surface area contributed by atoms with Gasteiger partial charge in [0.1, 0.15) is 30.0 Å². The maximum Gasteiger partial charge on any atom is 0.433 e. The van der Waals surface area contributed by atoms with Crippen molar-refractivity contribution in [1.29, 1.82) is 0 Å². The van der Waals surface area contributed by atoms with Gasteiger partial charge in [0, 0.05) is 13.5 Å². The van der Waals surface area contributed by atoms with Crippen molar-refractivity contribution >= 4 is 17.8 Å². The number of amides is 1. The first-order chi connectivity index (χ1) is 16.1. The van der Waals surface area contributed by atoms with E-state index in [2.05, 4.69) is 45.7 Å². The minimum atomic E-state index is -0.550. The van der Waals surface area contributed by atoms with Crippen molar-refractivity contribution in [3.63, 3.8) is 0 Å². The van der Waals surface area contributed by atoms with Gasteiger partial charge < -0.3 is 23.7 Å². The van der Waals surface area contributed by atoms with Gasteiger partial charge >= 0.3 is 12.1 Å². The molecular weight excluding hydrogens is 438 g/mol. The molecule has 2 saturated heterocycles. The molecule has 0 aromatic rings. The van der Waals surface area contributed by atoms with Crippen LogP contribution in [0.1, 0.15) is 66.7 Å². The molecule has 3 fully saturated rings. The molecule has 0 radical (unpaired) electrons. The lowest BCUT2D eigenvalue weighted by Gasteiger charge is -2.42. The molecule has 0 N–H and O–H groups in total. The van der Waals surface area contributed by atoms with Crippen molar-refractivity contribution in [1.82, 2.24) is 0 Å². The molecule has 4 aliphatic rings. The Morgan fingerprint density at radius 2 is 2.06 bits per heavy atom. The number of carbonyl (C=O) groups excluding carboxylic acids is 2. The Morgan fingerprint density at radius 3 is 2.62 bits per heavy atom. The predicted molar refractivity (Wildman–Crippen MR) is 126 cm³/mol. The normalized spacial score (nSPS) is 37.3. The highest BCUT2D eigenvalue weighted by Gasteiger charge is 2.72. The van der Waals surface area contributed by atoms with Crippen molar-refractivity contribution in [3.8, 4) is 0 Å². The molecule has 190 valence electrons. The average Bonchev–Trinajstić information content (AvgIpc) is 3.64. The van der Waals surface area contributed by atoms with Crippen LogP contribution in [0.2, 0.25) is 0 Å². The number of carbonyl (C=O) groups is 2. The number of nitrogens with zero attached hydrogens (tertiary/aromatic N) is 1. The number of hydrogen-bond donors (Lipinski definition) is 0. The Morgan fingerprint density at radius 1 is 1.32 bits per heavy atom. The number of epoxide rings is 2. The van der Waals surface area contributed by atoms with Gasteiger partial charge in [-0.2, -0.15) is 4.99 Å². The van der Waals surface area contributed by atoms with Crippen molar-refractivity contribution in [2.24, 2.45) is 22.7 Å². The van der Waals surface area contributed by atoms with Crippen LogP contribution in [0.4, 0.5) is 4.79 Å². The lowest BCUT2D eigenvalue weighted by atomic mass is 9.68. The first-order valence-corrected chi connectivity index (χ1v) is 12.5. The molecule has 1 saturated carbocycles. The molecule has 8 nitrogen and oxygen atoms in total. The van der Waals surface area contributed by atoms with Crippen LogP contribution < -0.4 is 0 Å². The van der Waals surface area contributed by atoms with Gasteiger partial charge in [0.05, 0.1) is 24.3 Å². The molecule has 3 aliphatic heterocycles. The van der Waals surface area contributed by atoms with Crippen molar-refractivity contribution < 1.29 is 33.3 Å². The smallest absolute Gasteiger partial charge is 0.433 e. The number of cyclic esters (lactones) is 1. The van der Waals surface area contributed by atoms with Gasteiger partial charge in [0.25, 0.3) is 0 Å². The highest BCUT2D eigenvalue weighted by molar-refractivity contribution is 5.99. The summed E-state index contributed by atoms with van der Waals surface area (Å²) in [5.41, 5.74) is 1.36. The first kappa shape index (κ1) is 25.3. The van der Waals surface area contributed by atoms with E-state index >= 15 is 0 Å². The third-order valence-corrected chi connectivity index (χ3v) is 8.00. The molecule has 34 heavy (non-hydrogen) atoms. The van der Waals surface area contributed by atoms with E-state index < -0.39 is 6.09 Å². The van der Waals surface area contributed by atoms with Crippen LogP contribution in [0, 0.1) is 17.8 Å². The summed E-state index contributed by atoms with van der Waals surface area (Å²) in [7, 11) is 1.68. The summed E-state index contributed by atoms with van der Waals surface area (Å²) < 4.78 is 29.2. The van der Waals surface area contributed by atoms with E-state index in [-0.39, 0.29) is 66.3 Å². The van der Waals surface area contributed by atoms with E-state index in [0.717, 1.165) is 12.8 Å². The fourth-order valence-electron chi connectivity index (χ4n) is 5.79. The summed E-state index contributed by atoms with van der Waals surface area (Å²) in [5.74, 6) is 0.0213. The number of allylic oxidation sites excluding steroid dienone is 1. The van der Waals surface area contributed by atoms with Crippen LogP contribution in [0.15, 0.2) is 16.6 Å². The SMILES string of the molecule is CO[C@@H]1[C@H](OC(=O)C[C@H](CC2=NC(=O)OC2)C(C)C)CC[C@]2(CO2)[C@H]1[C@@]1(C)O[C@@H]1CC=C(C)C. The zero-order valence-electron chi connectivity index (χ0n) is 21.3. The molecule has 7 atom stereocenters. The fraction of sp³-hybridized carbons (Fsp3) is 0.808. The summed E-state index contributed by atoms with van der Waals surface area (Å²) in [6.07, 6.45) is 4.35. The second kappa shape index (κ2) is 9.70. The van der Waals surface area contributed by atoms with Crippen molar-refractivity contribution in [2.75, 3.05) is 20.3 Å². The zero-order valence-corrected chi connectivity index (χ0v) is 21.3. The topological polar surface area (TPSA) is 99.3 Å². The Bertz CT molecular complexity index is 857. The standard InChI is InChI=1S/C26H39NO7/c1-15(2)7-8-20-25(5,34-20)23-22(30-6)19(9-10-26(23)14-32-26)33-21(28)12-17(16(3)4)11-18-13-31-24(29)27-18/h7,16-17,19-20,22-23H,8-14H2,1-6H3/t17-,19+,20+,22+,23+,25-,26-/m0/s1. The molecule has 3 heterocycles. The summed E-state index contributed by atoms with van der Waals surface area (Å²) in [6.45, 7) is 11.4. The fourth-order valence-corrected chi connectivity index (χ4v) is 5.79. The third kappa shape index (κ3) is 5.24. The molecule has 1 spiro atoms. The number of methoxy groups -OCH3 is 1. The minimum absolute atomic E-state index is 0.00372. The van der Waals surface area contributed by atoms with Crippen LogP contribution in [-0.4, -0.2) is 67.6 Å². The van der Waals surface area contributed by atoms with Crippen LogP contribution >= 0.6 is 0 Å². The van der Waals surface area contributed by atoms with Gasteiger partial charge in [-0.15, -0.1) is 0 Å². The van der Waals surface area contributed by atoms with Gasteiger partial charge in [-0.25, -0.2) is 4.79 Å². The largest absolute Gasteiger partial charge is 0.460 e. The molecule has 0 aromatic carbocycles. The molecule has 0 bridgehead atoms. The number of hydrogen-bond acceptors (Lipinski definition) is 7. The predicted octanol–water partition coefficient (Wildman–Crippen LogP) is 4.25. The summed E-state index contributed by atoms with van der Waals surface area (Å²) in [6, 6.07) is 0. The molecule has 1 aliphatic carbocycles. The monoisotopic (exact) mass is 477 g/mol. The Labute approximate surface area is 202 Å². The van der Waals surface area contributed by atoms with Crippen LogP contribution in [0.25, 0.3) is 0 Å². The van der Waals surface area contributed by atoms with Gasteiger partial charge in [0.2, 0.25) is 0 Å². The average molecular weight is 478 g/mol. The Hall–Kier alpha value is -1.77. The molecule has 4 rings (SSSR count). The van der Waals surface area contributed by atoms with E-state index in [4.69, 9.17) is 23.7 Å². The summed E-state index contributed by atoms with van der Waals surface area (Å²) >= 11 is 0. The molecule has 0 aromatic heterocycles. The van der Waals surface area contributed by atoms with Gasteiger partial charge in [0.15, 0.2) is 0 Å². The second-order valence-electron chi connectivity index (χ2n) is 11.1. The maximum absolute atomic E-state index is 13.0. The van der Waals surface area contributed by atoms with E-state index in [1.54, 1.807) is 7.11 Å². The Kier molecular flexibility index (Phi) is 7.23. The van der Waals surface area contributed by atoms with E-state index in [0.29, 0.717) is 25.2 Å². The maximum atomic E-state index is 13.0. The minimum Gasteiger partial charge on any atom is -0.460 e. The summed E-state index contributed by atoms with van der Waals surface area (Å²) in [5, 5.41) is 0. The third-order valence-electron chi connectivity index (χ3n) is 8.00. The molecule has 8 heteroatoms. The molecule has 0 unspecified atom stereocenters. The van der Waals surface area contributed by atoms with Crippen LogP contribution in [0.5, 0.6) is 0 Å². The number of rotatable bonds is 10. The lowest BCUT2D eigenvalue weighted by Crippen LogP contribution is -2.55. The van der Waals surface area contributed by atoms with Crippen LogP contribution in [-0.2, 0) is 28.5 Å². The molecular formula is C26H39NO7. The summed E-state index contributed by atoms with van der Waals surface area (Å²) in [4.78, 5) is 28.2. The van der Waals surface area contributed by atoms with E-state index in [9.17, 15) is 9.59 Å². The van der Waals surface area contributed by atoms with Crippen molar-refractivity contribution in [3.05, 3.63) is 11.6 Å². The quantitative estimate of drug-likeness (QED) is 0.263. The lowest BCUT2D eigenvalue weighted by molar-refractivity contribution is -0.173. The number of ether oxygens (including phenoxy) is 5. The first-order valence-electron chi connectivity index (χ1n) is 12.5. The van der Waals surface area contributed by atoms with Gasteiger partial charge in [-0.3, -0.25) is 4.79 Å². The number of esters is 1. The highest BCUT2D eigenvalue weighted by atomic mass is 16.6. The molecule has 1 amide bonds. The number of aliphatic imine (C=N–C) groups is 1. The Balaban J connectivity index is 1.41. The van der Waals surface area contributed by atoms with Gasteiger partial charge in [-0.05, 0) is 58.3 Å². The van der Waals surface area contributed by atoms with Gasteiger partial charge in [-0.1, -0.05) is 25.5 Å². The van der Waals surface area contributed by atoms with E-state index in [1.807, 2.05) is 0 Å². The highest BCUT2D eigenvalue weighted by Crippen LogP contribution is 2.59. The van der Waals surface area contributed by atoms with Crippen molar-refractivity contribution in [2.45, 2.75) is 96.2 Å². The van der Waals surface area contributed by atoms with Crippen LogP contribution in [0.3, 0.4) is 0 Å². The van der Waals surface area contributed by atoms with E-state index in [1.165, 1.54) is 5.57 Å². The zero-order chi connectivity index (χ0) is 24.7.